The quantitative estimate of drug-likeness (QED) is 0.487. The molecule has 1 saturated heterocycles. The van der Waals surface area contributed by atoms with Crippen LogP contribution in [0.25, 0.3) is 0 Å². The van der Waals surface area contributed by atoms with Gasteiger partial charge in [0.05, 0.1) is 18.2 Å². The van der Waals surface area contributed by atoms with Crippen LogP contribution in [0, 0.1) is 6.92 Å². The van der Waals surface area contributed by atoms with Crippen LogP contribution in [-0.2, 0) is 39.8 Å². The van der Waals surface area contributed by atoms with Crippen LogP contribution >= 0.6 is 0 Å². The number of nitrogens with zero attached hydrogens (tertiary/aromatic N) is 4. The molecule has 1 aliphatic heterocycles. The Morgan fingerprint density at radius 1 is 1.06 bits per heavy atom. The predicted octanol–water partition coefficient (Wildman–Crippen LogP) is 3.02. The van der Waals surface area contributed by atoms with Crippen molar-refractivity contribution in [2.45, 2.75) is 38.1 Å². The lowest BCUT2D eigenvalue weighted by atomic mass is 9.74. The van der Waals surface area contributed by atoms with Gasteiger partial charge in [-0.2, -0.15) is 5.10 Å². The Bertz CT molecular complexity index is 1200. The van der Waals surface area contributed by atoms with Gasteiger partial charge in [-0.3, -0.25) is 24.0 Å². The van der Waals surface area contributed by atoms with Crippen LogP contribution in [0.4, 0.5) is 0 Å². The number of amides is 3. The number of carbonyl (C=O) groups is 3. The number of likely N-dealkylation sites (N-methyl/N-ethyl adjacent to an activating group) is 1. The molecule has 7 heteroatoms. The van der Waals surface area contributed by atoms with Gasteiger partial charge >= 0.3 is 0 Å². The third-order valence-corrected chi connectivity index (χ3v) is 6.63. The van der Waals surface area contributed by atoms with E-state index in [0.717, 1.165) is 22.3 Å². The molecule has 3 amide bonds. The molecule has 1 fully saturated rings. The minimum Gasteiger partial charge on any atom is -0.345 e. The third-order valence-electron chi connectivity index (χ3n) is 6.63. The van der Waals surface area contributed by atoms with Crippen LogP contribution in [0.5, 0.6) is 0 Å². The second-order valence-electron chi connectivity index (χ2n) is 9.11. The van der Waals surface area contributed by atoms with E-state index in [1.54, 1.807) is 22.8 Å². The zero-order chi connectivity index (χ0) is 24.3. The van der Waals surface area contributed by atoms with Gasteiger partial charge in [0.15, 0.2) is 0 Å². The van der Waals surface area contributed by atoms with Crippen molar-refractivity contribution in [3.05, 3.63) is 89.2 Å². The third kappa shape index (κ3) is 4.64. The van der Waals surface area contributed by atoms with Crippen LogP contribution in [0.1, 0.15) is 35.1 Å². The molecule has 1 aliphatic rings. The number of aromatic nitrogens is 2. The number of rotatable bonds is 8. The molecule has 0 unspecified atom stereocenters. The van der Waals surface area contributed by atoms with Crippen LogP contribution in [0.15, 0.2) is 67.0 Å². The minimum atomic E-state index is -1.20. The molecule has 7 nitrogen and oxygen atoms in total. The van der Waals surface area contributed by atoms with Gasteiger partial charge in [0, 0.05) is 39.7 Å². The molecule has 1 atom stereocenters. The highest BCUT2D eigenvalue weighted by atomic mass is 16.2. The van der Waals surface area contributed by atoms with Crippen molar-refractivity contribution < 1.29 is 14.4 Å². The fraction of sp³-hybridized carbons (Fsp3) is 0.333. The first kappa shape index (κ1) is 23.4. The summed E-state index contributed by atoms with van der Waals surface area (Å²) in [6, 6.07) is 17.0. The zero-order valence-electron chi connectivity index (χ0n) is 19.9. The molecular weight excluding hydrogens is 428 g/mol. The van der Waals surface area contributed by atoms with Gasteiger partial charge in [0.2, 0.25) is 17.7 Å². The number of benzene rings is 2. The molecule has 3 aromatic rings. The Balaban J connectivity index is 1.59. The first-order valence-corrected chi connectivity index (χ1v) is 11.5. The second kappa shape index (κ2) is 9.63. The van der Waals surface area contributed by atoms with Crippen molar-refractivity contribution in [3.8, 4) is 0 Å². The number of carbonyl (C=O) groups excluding carboxylic acids is 3. The molecule has 2 aromatic carbocycles. The fourth-order valence-electron chi connectivity index (χ4n) is 4.70. The van der Waals surface area contributed by atoms with Crippen molar-refractivity contribution in [3.63, 3.8) is 0 Å². The lowest BCUT2D eigenvalue weighted by Gasteiger charge is -2.30. The Morgan fingerprint density at radius 2 is 1.76 bits per heavy atom. The molecule has 0 N–H and O–H groups in total. The van der Waals surface area contributed by atoms with E-state index in [4.69, 9.17) is 0 Å². The van der Waals surface area contributed by atoms with E-state index in [9.17, 15) is 14.4 Å². The van der Waals surface area contributed by atoms with E-state index in [1.807, 2.05) is 74.8 Å². The maximum absolute atomic E-state index is 13.9. The first-order chi connectivity index (χ1) is 16.3. The fourth-order valence-corrected chi connectivity index (χ4v) is 4.70. The highest BCUT2D eigenvalue weighted by Crippen LogP contribution is 2.42. The minimum absolute atomic E-state index is 0.00823. The lowest BCUT2D eigenvalue weighted by Crippen LogP contribution is -2.43. The summed E-state index contributed by atoms with van der Waals surface area (Å²) in [4.78, 5) is 43.3. The molecule has 2 heterocycles. The monoisotopic (exact) mass is 458 g/mol. The highest BCUT2D eigenvalue weighted by molar-refractivity contribution is 6.10. The van der Waals surface area contributed by atoms with Crippen molar-refractivity contribution >= 4 is 17.7 Å². The summed E-state index contributed by atoms with van der Waals surface area (Å²) >= 11 is 0. The average molecular weight is 459 g/mol. The van der Waals surface area contributed by atoms with E-state index >= 15 is 0 Å². The summed E-state index contributed by atoms with van der Waals surface area (Å²) in [5.41, 5.74) is 2.37. The molecule has 34 heavy (non-hydrogen) atoms. The van der Waals surface area contributed by atoms with Gasteiger partial charge in [-0.25, -0.2) is 0 Å². The number of hydrogen-bond donors (Lipinski definition) is 0. The van der Waals surface area contributed by atoms with E-state index in [0.29, 0.717) is 13.0 Å². The highest BCUT2D eigenvalue weighted by Gasteiger charge is 2.54. The normalized spacial score (nSPS) is 17.9. The Kier molecular flexibility index (Phi) is 6.63. The zero-order valence-corrected chi connectivity index (χ0v) is 19.9. The number of hydrogen-bond acceptors (Lipinski definition) is 4. The van der Waals surface area contributed by atoms with E-state index in [1.165, 1.54) is 4.90 Å². The largest absolute Gasteiger partial charge is 0.345 e. The SMILES string of the molecule is Cc1ccccc1[C@]1(CC(=O)N(C)CCc2cnn(C)c2)CC(=O)N(Cc2ccccc2)C1=O. The summed E-state index contributed by atoms with van der Waals surface area (Å²) < 4.78 is 1.73. The Hall–Kier alpha value is -3.74. The van der Waals surface area contributed by atoms with Gasteiger partial charge in [-0.15, -0.1) is 0 Å². The standard InChI is InChI=1S/C27H30N4O3/c1-20-9-7-8-12-23(20)27(15-24(32)29(2)14-13-22-17-28-30(3)18-22)16-25(33)31(26(27)34)19-21-10-5-4-6-11-21/h4-12,17-18H,13-16,19H2,1-3H3/t27-/m0/s1. The molecule has 0 spiro atoms. The van der Waals surface area contributed by atoms with E-state index in [2.05, 4.69) is 5.10 Å². The van der Waals surface area contributed by atoms with Gasteiger partial charge in [0.25, 0.3) is 0 Å². The molecule has 4 rings (SSSR count). The smallest absolute Gasteiger partial charge is 0.241 e. The summed E-state index contributed by atoms with van der Waals surface area (Å²) in [6.45, 7) is 2.63. The molecule has 176 valence electrons. The molecular formula is C27H30N4O3. The summed E-state index contributed by atoms with van der Waals surface area (Å²) in [7, 11) is 3.60. The Morgan fingerprint density at radius 3 is 2.44 bits per heavy atom. The number of aryl methyl sites for hydroxylation is 2. The molecule has 0 aliphatic carbocycles. The van der Waals surface area contributed by atoms with Gasteiger partial charge in [0.1, 0.15) is 0 Å². The van der Waals surface area contributed by atoms with Gasteiger partial charge in [-0.05, 0) is 35.6 Å². The second-order valence-corrected chi connectivity index (χ2v) is 9.11. The molecule has 0 radical (unpaired) electrons. The van der Waals surface area contributed by atoms with Crippen molar-refractivity contribution in [2.75, 3.05) is 13.6 Å². The van der Waals surface area contributed by atoms with Crippen LogP contribution in [0.3, 0.4) is 0 Å². The van der Waals surface area contributed by atoms with Crippen LogP contribution in [0.2, 0.25) is 0 Å². The average Bonchev–Trinajstić information content (AvgIpc) is 3.34. The van der Waals surface area contributed by atoms with Crippen molar-refractivity contribution in [1.29, 1.82) is 0 Å². The summed E-state index contributed by atoms with van der Waals surface area (Å²) in [5, 5.41) is 4.17. The van der Waals surface area contributed by atoms with Crippen LogP contribution < -0.4 is 0 Å². The van der Waals surface area contributed by atoms with Crippen LogP contribution in [-0.4, -0.2) is 50.9 Å². The Labute approximate surface area is 200 Å². The van der Waals surface area contributed by atoms with E-state index in [-0.39, 0.29) is 37.1 Å². The van der Waals surface area contributed by atoms with Gasteiger partial charge < -0.3 is 4.90 Å². The maximum Gasteiger partial charge on any atom is 0.241 e. The molecule has 0 saturated carbocycles. The number of imide groups is 1. The first-order valence-electron chi connectivity index (χ1n) is 11.5. The number of likely N-dealkylation sites (tertiary alicyclic amines) is 1. The van der Waals surface area contributed by atoms with Crippen molar-refractivity contribution in [2.24, 2.45) is 7.05 Å². The summed E-state index contributed by atoms with van der Waals surface area (Å²) in [6.07, 6.45) is 4.32. The lowest BCUT2D eigenvalue weighted by molar-refractivity contribution is -0.143. The summed E-state index contributed by atoms with van der Waals surface area (Å²) in [5.74, 6) is -0.706. The maximum atomic E-state index is 13.9. The predicted molar refractivity (Wildman–Crippen MR) is 129 cm³/mol. The topological polar surface area (TPSA) is 75.5 Å². The molecule has 1 aromatic heterocycles. The van der Waals surface area contributed by atoms with Gasteiger partial charge in [-0.1, -0.05) is 54.6 Å². The van der Waals surface area contributed by atoms with Crippen molar-refractivity contribution in [1.82, 2.24) is 19.6 Å². The molecule has 0 bridgehead atoms. The van der Waals surface area contributed by atoms with E-state index < -0.39 is 5.41 Å².